The Balaban J connectivity index is 1.59. The molecule has 0 aliphatic carbocycles. The van der Waals surface area contributed by atoms with Gasteiger partial charge in [0.1, 0.15) is 11.5 Å². The summed E-state index contributed by atoms with van der Waals surface area (Å²) in [6.07, 6.45) is 0. The minimum Gasteiger partial charge on any atom is -0.455 e. The number of hydrogen-bond acceptors (Lipinski definition) is 7. The van der Waals surface area contributed by atoms with Crippen LogP contribution in [0.4, 0.5) is 10.8 Å². The number of rotatable bonds is 5. The number of benzene rings is 1. The number of carbonyl (C=O) groups excluding carboxylic acids is 1. The maximum atomic E-state index is 12.1. The molecule has 3 aromatic rings. The quantitative estimate of drug-likeness (QED) is 0.673. The summed E-state index contributed by atoms with van der Waals surface area (Å²) in [4.78, 5) is 21.3. The number of carbonyl (C=O) groups is 1. The molecule has 0 bridgehead atoms. The normalized spacial score (nSPS) is 10.6. The van der Waals surface area contributed by atoms with Gasteiger partial charge in [-0.3, -0.25) is 0 Å². The third-order valence-corrected chi connectivity index (χ3v) is 5.15. The van der Waals surface area contributed by atoms with Gasteiger partial charge in [-0.25, -0.2) is 14.8 Å². The predicted octanol–water partition coefficient (Wildman–Crippen LogP) is 4.63. The number of anilines is 2. The molecule has 2 heterocycles. The summed E-state index contributed by atoms with van der Waals surface area (Å²) in [7, 11) is 0. The van der Waals surface area contributed by atoms with E-state index in [0.717, 1.165) is 21.5 Å². The minimum absolute atomic E-state index is 0.154. The Labute approximate surface area is 148 Å². The van der Waals surface area contributed by atoms with E-state index in [1.165, 1.54) is 28.2 Å². The van der Waals surface area contributed by atoms with Crippen LogP contribution in [0.15, 0.2) is 29.6 Å². The summed E-state index contributed by atoms with van der Waals surface area (Å²) >= 11 is 2.83. The number of hydrogen-bond donors (Lipinski definition) is 1. The van der Waals surface area contributed by atoms with Gasteiger partial charge in [-0.15, -0.1) is 22.7 Å². The van der Waals surface area contributed by atoms with Crippen molar-refractivity contribution in [2.24, 2.45) is 0 Å². The van der Waals surface area contributed by atoms with Gasteiger partial charge in [0.25, 0.3) is 0 Å². The van der Waals surface area contributed by atoms with Crippen LogP contribution in [0.1, 0.15) is 31.6 Å². The Morgan fingerprint density at radius 3 is 2.58 bits per heavy atom. The van der Waals surface area contributed by atoms with Crippen molar-refractivity contribution in [3.8, 4) is 0 Å². The molecule has 7 heteroatoms. The summed E-state index contributed by atoms with van der Waals surface area (Å²) in [5.41, 5.74) is 3.62. The standard InChI is InChI=1S/C17H17N3O2S2/c1-10-4-6-13(7-5-10)19-17-20-14(9-23-17)8-22-16(21)15-11(2)18-12(3)24-15/h4-7,9H,8H2,1-3H3,(H,19,20). The number of esters is 1. The van der Waals surface area contributed by atoms with Crippen molar-refractivity contribution in [2.75, 3.05) is 5.32 Å². The molecule has 0 unspecified atom stereocenters. The second-order valence-electron chi connectivity index (χ2n) is 5.36. The first kappa shape index (κ1) is 16.6. The van der Waals surface area contributed by atoms with Gasteiger partial charge in [0, 0.05) is 11.1 Å². The Bertz CT molecular complexity index is 853. The van der Waals surface area contributed by atoms with Crippen LogP contribution in [0.2, 0.25) is 0 Å². The Hall–Kier alpha value is -2.25. The van der Waals surface area contributed by atoms with Gasteiger partial charge in [0.15, 0.2) is 5.13 Å². The summed E-state index contributed by atoms with van der Waals surface area (Å²) in [5, 5.41) is 6.76. The average Bonchev–Trinajstić information content (AvgIpc) is 3.13. The van der Waals surface area contributed by atoms with Gasteiger partial charge < -0.3 is 10.1 Å². The molecular formula is C17H17N3O2S2. The molecule has 0 radical (unpaired) electrons. The van der Waals surface area contributed by atoms with Gasteiger partial charge in [-0.2, -0.15) is 0 Å². The number of nitrogens with one attached hydrogen (secondary N) is 1. The molecule has 3 rings (SSSR count). The third kappa shape index (κ3) is 3.98. The van der Waals surface area contributed by atoms with E-state index in [2.05, 4.69) is 15.3 Å². The molecule has 124 valence electrons. The SMILES string of the molecule is Cc1ccc(Nc2nc(COC(=O)c3sc(C)nc3C)cs2)cc1. The zero-order valence-corrected chi connectivity index (χ0v) is 15.3. The molecule has 0 atom stereocenters. The van der Waals surface area contributed by atoms with Crippen LogP contribution in [-0.4, -0.2) is 15.9 Å². The summed E-state index contributed by atoms with van der Waals surface area (Å²) in [6, 6.07) is 8.09. The van der Waals surface area contributed by atoms with Crippen LogP contribution in [0, 0.1) is 20.8 Å². The van der Waals surface area contributed by atoms with E-state index in [1.807, 2.05) is 50.4 Å². The number of aromatic nitrogens is 2. The molecule has 0 saturated heterocycles. The predicted molar refractivity (Wildman–Crippen MR) is 97.3 cm³/mol. The fraction of sp³-hybridized carbons (Fsp3) is 0.235. The molecule has 1 aromatic carbocycles. The maximum Gasteiger partial charge on any atom is 0.350 e. The number of thiazole rings is 2. The smallest absolute Gasteiger partial charge is 0.350 e. The van der Waals surface area contributed by atoms with Gasteiger partial charge in [-0.1, -0.05) is 17.7 Å². The highest BCUT2D eigenvalue weighted by Crippen LogP contribution is 2.23. The zero-order chi connectivity index (χ0) is 17.1. The van der Waals surface area contributed by atoms with E-state index in [1.54, 1.807) is 0 Å². The zero-order valence-electron chi connectivity index (χ0n) is 13.6. The van der Waals surface area contributed by atoms with Crippen LogP contribution in [0.25, 0.3) is 0 Å². The monoisotopic (exact) mass is 359 g/mol. The first-order chi connectivity index (χ1) is 11.5. The largest absolute Gasteiger partial charge is 0.455 e. The van der Waals surface area contributed by atoms with Crippen molar-refractivity contribution >= 4 is 39.5 Å². The third-order valence-electron chi connectivity index (χ3n) is 3.29. The molecule has 0 amide bonds. The van der Waals surface area contributed by atoms with E-state index < -0.39 is 0 Å². The van der Waals surface area contributed by atoms with Crippen molar-refractivity contribution < 1.29 is 9.53 Å². The lowest BCUT2D eigenvalue weighted by atomic mass is 10.2. The highest BCUT2D eigenvalue weighted by atomic mass is 32.1. The van der Waals surface area contributed by atoms with Crippen LogP contribution in [0.3, 0.4) is 0 Å². The fourth-order valence-electron chi connectivity index (χ4n) is 2.12. The Morgan fingerprint density at radius 2 is 1.92 bits per heavy atom. The number of ether oxygens (including phenoxy) is 1. The molecule has 2 aromatic heterocycles. The van der Waals surface area contributed by atoms with E-state index in [4.69, 9.17) is 4.74 Å². The molecule has 24 heavy (non-hydrogen) atoms. The van der Waals surface area contributed by atoms with Gasteiger partial charge in [-0.05, 0) is 32.9 Å². The second kappa shape index (κ2) is 7.11. The Kier molecular flexibility index (Phi) is 4.92. The van der Waals surface area contributed by atoms with Gasteiger partial charge in [0.05, 0.1) is 16.4 Å². The number of aryl methyl sites for hydroxylation is 3. The molecule has 0 fully saturated rings. The lowest BCUT2D eigenvalue weighted by Crippen LogP contribution is -2.05. The van der Waals surface area contributed by atoms with Gasteiger partial charge >= 0.3 is 5.97 Å². The molecule has 5 nitrogen and oxygen atoms in total. The van der Waals surface area contributed by atoms with Gasteiger partial charge in [0.2, 0.25) is 0 Å². The summed E-state index contributed by atoms with van der Waals surface area (Å²) in [6.45, 7) is 5.89. The van der Waals surface area contributed by atoms with Crippen LogP contribution >= 0.6 is 22.7 Å². The maximum absolute atomic E-state index is 12.1. The first-order valence-electron chi connectivity index (χ1n) is 7.40. The van der Waals surface area contributed by atoms with Crippen molar-refractivity contribution in [3.05, 3.63) is 56.5 Å². The van der Waals surface area contributed by atoms with Crippen LogP contribution < -0.4 is 5.32 Å². The van der Waals surface area contributed by atoms with Crippen molar-refractivity contribution in [1.82, 2.24) is 9.97 Å². The average molecular weight is 359 g/mol. The molecule has 0 spiro atoms. The van der Waals surface area contributed by atoms with Crippen molar-refractivity contribution in [1.29, 1.82) is 0 Å². The second-order valence-corrected chi connectivity index (χ2v) is 7.42. The topological polar surface area (TPSA) is 64.1 Å². The first-order valence-corrected chi connectivity index (χ1v) is 9.10. The van der Waals surface area contributed by atoms with Crippen molar-refractivity contribution in [2.45, 2.75) is 27.4 Å². The molecule has 0 aliphatic rings. The highest BCUT2D eigenvalue weighted by molar-refractivity contribution is 7.14. The molecule has 1 N–H and O–H groups in total. The highest BCUT2D eigenvalue weighted by Gasteiger charge is 2.16. The van der Waals surface area contributed by atoms with E-state index in [-0.39, 0.29) is 12.6 Å². The fourth-order valence-corrected chi connectivity index (χ4v) is 3.65. The van der Waals surface area contributed by atoms with E-state index >= 15 is 0 Å². The van der Waals surface area contributed by atoms with Crippen molar-refractivity contribution in [3.63, 3.8) is 0 Å². The Morgan fingerprint density at radius 1 is 1.17 bits per heavy atom. The number of nitrogens with zero attached hydrogens (tertiary/aromatic N) is 2. The van der Waals surface area contributed by atoms with Crippen LogP contribution in [0.5, 0.6) is 0 Å². The molecule has 0 saturated carbocycles. The lowest BCUT2D eigenvalue weighted by molar-refractivity contribution is 0.0473. The summed E-state index contributed by atoms with van der Waals surface area (Å²) in [5.74, 6) is -0.348. The lowest BCUT2D eigenvalue weighted by Gasteiger charge is -2.03. The molecule has 0 aliphatic heterocycles. The van der Waals surface area contributed by atoms with Crippen LogP contribution in [-0.2, 0) is 11.3 Å². The molecular weight excluding hydrogens is 342 g/mol. The van der Waals surface area contributed by atoms with E-state index in [0.29, 0.717) is 10.6 Å². The minimum atomic E-state index is -0.348. The summed E-state index contributed by atoms with van der Waals surface area (Å²) < 4.78 is 5.34. The van der Waals surface area contributed by atoms with E-state index in [9.17, 15) is 4.79 Å².